The highest BCUT2D eigenvalue weighted by Crippen LogP contribution is 2.76. The third-order valence-corrected chi connectivity index (χ3v) is 8.07. The van der Waals surface area contributed by atoms with E-state index in [-0.39, 0.29) is 11.8 Å². The number of carbonyl (C=O) groups excluding carboxylic acids is 1. The van der Waals surface area contributed by atoms with Crippen molar-refractivity contribution in [2.45, 2.75) is 44.0 Å². The maximum atomic E-state index is 12.7. The van der Waals surface area contributed by atoms with Crippen LogP contribution < -0.4 is 0 Å². The van der Waals surface area contributed by atoms with E-state index in [0.717, 1.165) is 5.57 Å². The molecule has 1 unspecified atom stereocenters. The first-order valence-electron chi connectivity index (χ1n) is 8.88. The molecule has 1 spiro atoms. The van der Waals surface area contributed by atoms with E-state index >= 15 is 0 Å². The first-order chi connectivity index (χ1) is 11.7. The van der Waals surface area contributed by atoms with Crippen LogP contribution in [-0.4, -0.2) is 45.1 Å². The molecule has 134 valence electrons. The lowest BCUT2D eigenvalue weighted by Crippen LogP contribution is -2.50. The van der Waals surface area contributed by atoms with E-state index in [1.165, 1.54) is 0 Å². The first-order valence-corrected chi connectivity index (χ1v) is 8.88. The molecule has 5 rings (SSSR count). The van der Waals surface area contributed by atoms with Crippen molar-refractivity contribution in [2.24, 2.45) is 34.5 Å². The van der Waals surface area contributed by atoms with Gasteiger partial charge in [0.1, 0.15) is 11.0 Å². The molecule has 0 aromatic carbocycles. The lowest BCUT2D eigenvalue weighted by atomic mass is 9.61. The van der Waals surface area contributed by atoms with Crippen LogP contribution >= 0.6 is 0 Å². The van der Waals surface area contributed by atoms with E-state index in [4.69, 9.17) is 4.74 Å². The Morgan fingerprint density at radius 3 is 2.80 bits per heavy atom. The summed E-state index contributed by atoms with van der Waals surface area (Å²) >= 11 is 0. The molecule has 1 aliphatic heterocycles. The fraction of sp³-hybridized carbons (Fsp3) is 0.684. The van der Waals surface area contributed by atoms with Crippen LogP contribution in [0, 0.1) is 34.5 Å². The van der Waals surface area contributed by atoms with Gasteiger partial charge in [0, 0.05) is 17.8 Å². The number of carboxylic acid groups (broad SMARTS) is 1. The topological polar surface area (TPSA) is 104 Å². The minimum absolute atomic E-state index is 0.0920. The number of aliphatic carboxylic acids is 1. The molecule has 3 N–H and O–H groups in total. The number of rotatable bonds is 1. The number of aliphatic hydroxyl groups is 2. The highest BCUT2D eigenvalue weighted by molar-refractivity contribution is 5.86. The number of carboxylic acids is 1. The minimum atomic E-state index is -1.27. The van der Waals surface area contributed by atoms with Gasteiger partial charge in [0.2, 0.25) is 0 Å². The summed E-state index contributed by atoms with van der Waals surface area (Å²) in [5.74, 6) is -3.29. The zero-order valence-electron chi connectivity index (χ0n) is 14.0. The highest BCUT2D eigenvalue weighted by Gasteiger charge is 2.83. The summed E-state index contributed by atoms with van der Waals surface area (Å²) in [6.07, 6.45) is 3.11. The molecule has 4 fully saturated rings. The Morgan fingerprint density at radius 2 is 2.12 bits per heavy atom. The molecular weight excluding hydrogens is 324 g/mol. The fourth-order valence-electron chi connectivity index (χ4n) is 7.13. The summed E-state index contributed by atoms with van der Waals surface area (Å²) in [7, 11) is 0. The van der Waals surface area contributed by atoms with Gasteiger partial charge in [-0.25, -0.2) is 0 Å². The quantitative estimate of drug-likeness (QED) is 0.481. The number of ether oxygens (including phenoxy) is 1. The molecule has 9 atom stereocenters. The second-order valence-electron chi connectivity index (χ2n) is 8.86. The monoisotopic (exact) mass is 346 g/mol. The van der Waals surface area contributed by atoms with Crippen LogP contribution in [0.3, 0.4) is 0 Å². The Morgan fingerprint density at radius 1 is 1.40 bits per heavy atom. The Hall–Kier alpha value is -1.66. The largest absolute Gasteiger partial charge is 0.481 e. The van der Waals surface area contributed by atoms with Crippen molar-refractivity contribution < 1.29 is 29.6 Å². The van der Waals surface area contributed by atoms with E-state index in [0.29, 0.717) is 19.3 Å². The van der Waals surface area contributed by atoms with Gasteiger partial charge in [0.15, 0.2) is 0 Å². The zero-order valence-corrected chi connectivity index (χ0v) is 14.0. The molecule has 5 aliphatic rings. The Balaban J connectivity index is 1.78. The van der Waals surface area contributed by atoms with Crippen LogP contribution in [0.15, 0.2) is 24.3 Å². The van der Waals surface area contributed by atoms with Crippen molar-refractivity contribution in [1.29, 1.82) is 0 Å². The van der Waals surface area contributed by atoms with Crippen molar-refractivity contribution in [3.63, 3.8) is 0 Å². The molecule has 0 amide bonds. The van der Waals surface area contributed by atoms with Crippen molar-refractivity contribution in [1.82, 2.24) is 0 Å². The summed E-state index contributed by atoms with van der Waals surface area (Å²) in [4.78, 5) is 25.1. The number of carbonyl (C=O) groups is 2. The molecule has 0 aromatic heterocycles. The third kappa shape index (κ3) is 1.40. The van der Waals surface area contributed by atoms with Gasteiger partial charge < -0.3 is 20.1 Å². The van der Waals surface area contributed by atoms with E-state index in [9.17, 15) is 24.9 Å². The van der Waals surface area contributed by atoms with E-state index in [1.807, 2.05) is 0 Å². The molecule has 1 heterocycles. The van der Waals surface area contributed by atoms with Gasteiger partial charge in [-0.1, -0.05) is 18.2 Å². The molecular formula is C19H22O6. The molecule has 1 saturated heterocycles. The van der Waals surface area contributed by atoms with Gasteiger partial charge in [-0.15, -0.1) is 0 Å². The van der Waals surface area contributed by atoms with Crippen LogP contribution in [-0.2, 0) is 14.3 Å². The molecule has 4 aliphatic carbocycles. The van der Waals surface area contributed by atoms with Gasteiger partial charge in [-0.3, -0.25) is 9.59 Å². The van der Waals surface area contributed by atoms with E-state index in [1.54, 1.807) is 19.1 Å². The van der Waals surface area contributed by atoms with Crippen LogP contribution in [0.2, 0.25) is 0 Å². The predicted octanol–water partition coefficient (Wildman–Crippen LogP) is 0.883. The molecule has 6 nitrogen and oxygen atoms in total. The molecule has 0 aromatic rings. The minimum Gasteiger partial charge on any atom is -0.481 e. The molecule has 25 heavy (non-hydrogen) atoms. The van der Waals surface area contributed by atoms with Crippen LogP contribution in [0.4, 0.5) is 0 Å². The van der Waals surface area contributed by atoms with Crippen molar-refractivity contribution in [2.75, 3.05) is 0 Å². The fourth-order valence-corrected chi connectivity index (χ4v) is 7.13. The lowest BCUT2D eigenvalue weighted by Gasteiger charge is -2.44. The highest BCUT2D eigenvalue weighted by atomic mass is 16.6. The van der Waals surface area contributed by atoms with Gasteiger partial charge >= 0.3 is 11.9 Å². The zero-order chi connectivity index (χ0) is 17.9. The maximum Gasteiger partial charge on any atom is 0.316 e. The van der Waals surface area contributed by atoms with E-state index in [2.05, 4.69) is 6.58 Å². The molecule has 4 bridgehead atoms. The van der Waals surface area contributed by atoms with Crippen molar-refractivity contribution in [3.05, 3.63) is 24.3 Å². The first kappa shape index (κ1) is 15.6. The Kier molecular flexibility index (Phi) is 2.60. The second kappa shape index (κ2) is 4.18. The smallest absolute Gasteiger partial charge is 0.316 e. The van der Waals surface area contributed by atoms with Crippen LogP contribution in [0.25, 0.3) is 0 Å². The number of hydrogen-bond acceptors (Lipinski definition) is 5. The average molecular weight is 346 g/mol. The maximum absolute atomic E-state index is 12.7. The predicted molar refractivity (Wildman–Crippen MR) is 85.1 cm³/mol. The van der Waals surface area contributed by atoms with Gasteiger partial charge in [-0.2, -0.15) is 0 Å². The lowest BCUT2D eigenvalue weighted by molar-refractivity contribution is -0.163. The molecule has 3 saturated carbocycles. The van der Waals surface area contributed by atoms with Crippen molar-refractivity contribution in [3.8, 4) is 0 Å². The van der Waals surface area contributed by atoms with Crippen molar-refractivity contribution >= 4 is 11.9 Å². The summed E-state index contributed by atoms with van der Waals surface area (Å²) in [5, 5.41) is 31.3. The number of hydrogen-bond donors (Lipinski definition) is 3. The van der Waals surface area contributed by atoms with E-state index < -0.39 is 52.4 Å². The normalized spacial score (nSPS) is 58.0. The third-order valence-electron chi connectivity index (χ3n) is 8.07. The standard InChI is InChI=1S/C19H22O6/c1-8-6-18-7-9(8)10(20)5-11(18)19-4-3-12(21)17(2,16(24)25-19)14(19)13(18)15(22)23/h3-4,9-14,20-21H,1,5-7H2,2H3,(H,22,23)/t9?,10-,11+,12-,13+,14+,17+,18-,19+/m0/s1. The summed E-state index contributed by atoms with van der Waals surface area (Å²) in [5.41, 5.74) is -2.00. The average Bonchev–Trinajstić information content (AvgIpc) is 3.02. The Bertz CT molecular complexity index is 757. The van der Waals surface area contributed by atoms with Gasteiger partial charge in [0.05, 0.1) is 18.1 Å². The molecule has 0 radical (unpaired) electrons. The summed E-state index contributed by atoms with van der Waals surface area (Å²) in [6, 6.07) is 0. The summed E-state index contributed by atoms with van der Waals surface area (Å²) in [6.45, 7) is 5.72. The summed E-state index contributed by atoms with van der Waals surface area (Å²) < 4.78 is 5.86. The number of fused-ring (bicyclic) bond motifs is 1. The van der Waals surface area contributed by atoms with Gasteiger partial charge in [0.25, 0.3) is 0 Å². The van der Waals surface area contributed by atoms with Crippen LogP contribution in [0.5, 0.6) is 0 Å². The SMILES string of the molecule is C=C1C[C@]23CC1[C@@H](O)C[C@H]2[C@@]12C=C[C@H](O)[C@@](C)(C(=O)O1)[C@H]2[C@@H]3C(=O)O. The Labute approximate surface area is 145 Å². The second-order valence-corrected chi connectivity index (χ2v) is 8.86. The number of esters is 1. The number of aliphatic hydroxyl groups excluding tert-OH is 2. The van der Waals surface area contributed by atoms with Crippen LogP contribution in [0.1, 0.15) is 26.2 Å². The molecule has 6 heteroatoms. The van der Waals surface area contributed by atoms with Gasteiger partial charge in [-0.05, 0) is 37.7 Å².